The standard InChI is InChI=1S/C12H13N3O2/c1-2-14-12(16)9-5-3-4-8(6-9)11-10(13)7-15-17-11/h3-7H,2,13H2,1H3,(H,14,16). The molecule has 0 fully saturated rings. The van der Waals surface area contributed by atoms with Crippen LogP contribution in [0, 0.1) is 0 Å². The van der Waals surface area contributed by atoms with Gasteiger partial charge >= 0.3 is 0 Å². The normalized spacial score (nSPS) is 10.2. The fourth-order valence-corrected chi connectivity index (χ4v) is 1.53. The Kier molecular flexibility index (Phi) is 3.09. The van der Waals surface area contributed by atoms with Crippen LogP contribution >= 0.6 is 0 Å². The number of nitrogens with one attached hydrogen (secondary N) is 1. The molecule has 0 saturated carbocycles. The van der Waals surface area contributed by atoms with Gasteiger partial charge in [0.15, 0.2) is 5.76 Å². The summed E-state index contributed by atoms with van der Waals surface area (Å²) in [7, 11) is 0. The molecule has 0 spiro atoms. The summed E-state index contributed by atoms with van der Waals surface area (Å²) in [5.74, 6) is 0.364. The highest BCUT2D eigenvalue weighted by atomic mass is 16.5. The number of hydrogen-bond acceptors (Lipinski definition) is 4. The molecule has 0 aliphatic rings. The molecular weight excluding hydrogens is 218 g/mol. The Morgan fingerprint density at radius 1 is 1.53 bits per heavy atom. The second-order valence-corrected chi connectivity index (χ2v) is 3.55. The van der Waals surface area contributed by atoms with Gasteiger partial charge in [0, 0.05) is 17.7 Å². The maximum atomic E-state index is 11.7. The minimum absolute atomic E-state index is 0.118. The molecule has 0 bridgehead atoms. The van der Waals surface area contributed by atoms with Crippen molar-refractivity contribution in [2.24, 2.45) is 0 Å². The van der Waals surface area contributed by atoms with Crippen LogP contribution in [0.1, 0.15) is 17.3 Å². The van der Waals surface area contributed by atoms with Gasteiger partial charge in [-0.1, -0.05) is 17.3 Å². The van der Waals surface area contributed by atoms with Crippen LogP contribution < -0.4 is 11.1 Å². The van der Waals surface area contributed by atoms with E-state index in [2.05, 4.69) is 10.5 Å². The summed E-state index contributed by atoms with van der Waals surface area (Å²) in [5, 5.41) is 6.34. The van der Waals surface area contributed by atoms with Gasteiger partial charge < -0.3 is 15.6 Å². The number of nitrogen functional groups attached to an aromatic ring is 1. The highest BCUT2D eigenvalue weighted by Crippen LogP contribution is 2.25. The molecule has 0 atom stereocenters. The molecule has 3 N–H and O–H groups in total. The van der Waals surface area contributed by atoms with E-state index in [1.165, 1.54) is 6.20 Å². The van der Waals surface area contributed by atoms with Gasteiger partial charge in [-0.2, -0.15) is 0 Å². The first-order valence-corrected chi connectivity index (χ1v) is 5.31. The van der Waals surface area contributed by atoms with Crippen LogP contribution in [0.15, 0.2) is 35.0 Å². The van der Waals surface area contributed by atoms with Crippen molar-refractivity contribution in [3.05, 3.63) is 36.0 Å². The van der Waals surface area contributed by atoms with Crippen molar-refractivity contribution >= 4 is 11.6 Å². The summed E-state index contributed by atoms with van der Waals surface area (Å²) < 4.78 is 5.04. The van der Waals surface area contributed by atoms with E-state index in [0.29, 0.717) is 23.6 Å². The van der Waals surface area contributed by atoms with Crippen molar-refractivity contribution in [1.29, 1.82) is 0 Å². The number of aromatic nitrogens is 1. The van der Waals surface area contributed by atoms with Gasteiger partial charge in [-0.25, -0.2) is 0 Å². The number of benzene rings is 1. The Balaban J connectivity index is 2.35. The fraction of sp³-hybridized carbons (Fsp3) is 0.167. The molecule has 5 heteroatoms. The maximum Gasteiger partial charge on any atom is 0.251 e. The molecule has 0 radical (unpaired) electrons. The molecule has 1 aromatic heterocycles. The van der Waals surface area contributed by atoms with Crippen molar-refractivity contribution in [3.8, 4) is 11.3 Å². The molecule has 0 aliphatic carbocycles. The van der Waals surface area contributed by atoms with Crippen LogP contribution in [0.3, 0.4) is 0 Å². The first kappa shape index (κ1) is 11.2. The minimum Gasteiger partial charge on any atom is -0.394 e. The number of rotatable bonds is 3. The number of amides is 1. The van der Waals surface area contributed by atoms with Crippen LogP contribution in [0.25, 0.3) is 11.3 Å². The van der Waals surface area contributed by atoms with E-state index in [1.54, 1.807) is 18.2 Å². The van der Waals surface area contributed by atoms with Crippen LogP contribution in [0.5, 0.6) is 0 Å². The second-order valence-electron chi connectivity index (χ2n) is 3.55. The maximum absolute atomic E-state index is 11.7. The van der Waals surface area contributed by atoms with E-state index in [1.807, 2.05) is 13.0 Å². The highest BCUT2D eigenvalue weighted by molar-refractivity contribution is 5.95. The lowest BCUT2D eigenvalue weighted by Crippen LogP contribution is -2.22. The molecule has 2 aromatic rings. The van der Waals surface area contributed by atoms with E-state index < -0.39 is 0 Å². The molecule has 1 heterocycles. The first-order chi connectivity index (χ1) is 8.22. The molecule has 1 aromatic carbocycles. The van der Waals surface area contributed by atoms with Crippen LogP contribution in [0.4, 0.5) is 5.69 Å². The number of carbonyl (C=O) groups excluding carboxylic acids is 1. The third kappa shape index (κ3) is 2.28. The van der Waals surface area contributed by atoms with Crippen molar-refractivity contribution in [2.45, 2.75) is 6.92 Å². The van der Waals surface area contributed by atoms with Gasteiger partial charge in [0.2, 0.25) is 0 Å². The van der Waals surface area contributed by atoms with Gasteiger partial charge in [-0.05, 0) is 19.1 Å². The number of nitrogens with zero attached hydrogens (tertiary/aromatic N) is 1. The van der Waals surface area contributed by atoms with Gasteiger partial charge in [-0.15, -0.1) is 0 Å². The number of hydrogen-bond donors (Lipinski definition) is 2. The summed E-state index contributed by atoms with van der Waals surface area (Å²) in [6.45, 7) is 2.46. The Hall–Kier alpha value is -2.30. The Bertz CT molecular complexity index is 534. The largest absolute Gasteiger partial charge is 0.394 e. The smallest absolute Gasteiger partial charge is 0.251 e. The van der Waals surface area contributed by atoms with Crippen molar-refractivity contribution in [2.75, 3.05) is 12.3 Å². The van der Waals surface area contributed by atoms with E-state index in [0.717, 1.165) is 5.56 Å². The SMILES string of the molecule is CCNC(=O)c1cccc(-c2oncc2N)c1. The van der Waals surface area contributed by atoms with E-state index in [9.17, 15) is 4.79 Å². The number of nitrogens with two attached hydrogens (primary N) is 1. The summed E-state index contributed by atoms with van der Waals surface area (Å²) >= 11 is 0. The topological polar surface area (TPSA) is 81.2 Å². The summed E-state index contributed by atoms with van der Waals surface area (Å²) in [6.07, 6.45) is 1.44. The van der Waals surface area contributed by atoms with Gasteiger partial charge in [0.25, 0.3) is 5.91 Å². The quantitative estimate of drug-likeness (QED) is 0.842. The molecule has 0 aliphatic heterocycles. The van der Waals surface area contributed by atoms with Crippen molar-refractivity contribution in [3.63, 3.8) is 0 Å². The number of carbonyl (C=O) groups is 1. The zero-order chi connectivity index (χ0) is 12.3. The molecule has 0 unspecified atom stereocenters. The van der Waals surface area contributed by atoms with Gasteiger partial charge in [-0.3, -0.25) is 4.79 Å². The average Bonchev–Trinajstić information content (AvgIpc) is 2.76. The lowest BCUT2D eigenvalue weighted by atomic mass is 10.1. The van der Waals surface area contributed by atoms with Gasteiger partial charge in [0.1, 0.15) is 5.69 Å². The van der Waals surface area contributed by atoms with Gasteiger partial charge in [0.05, 0.1) is 6.20 Å². The molecule has 0 saturated heterocycles. The third-order valence-corrected chi connectivity index (χ3v) is 2.32. The average molecular weight is 231 g/mol. The molecule has 2 rings (SSSR count). The predicted octanol–water partition coefficient (Wildman–Crippen LogP) is 1.67. The van der Waals surface area contributed by atoms with E-state index in [4.69, 9.17) is 10.3 Å². The predicted molar refractivity (Wildman–Crippen MR) is 64.4 cm³/mol. The monoisotopic (exact) mass is 231 g/mol. The third-order valence-electron chi connectivity index (χ3n) is 2.32. The van der Waals surface area contributed by atoms with E-state index >= 15 is 0 Å². The number of anilines is 1. The molecule has 5 nitrogen and oxygen atoms in total. The first-order valence-electron chi connectivity index (χ1n) is 5.31. The van der Waals surface area contributed by atoms with Crippen LogP contribution in [-0.2, 0) is 0 Å². The Morgan fingerprint density at radius 2 is 2.35 bits per heavy atom. The lowest BCUT2D eigenvalue weighted by molar-refractivity contribution is 0.0956. The zero-order valence-electron chi connectivity index (χ0n) is 9.43. The molecular formula is C12H13N3O2. The van der Waals surface area contributed by atoms with E-state index in [-0.39, 0.29) is 5.91 Å². The Morgan fingerprint density at radius 3 is 3.00 bits per heavy atom. The summed E-state index contributed by atoms with van der Waals surface area (Å²) in [6, 6.07) is 7.06. The summed E-state index contributed by atoms with van der Waals surface area (Å²) in [5.41, 5.74) is 7.47. The fourth-order valence-electron chi connectivity index (χ4n) is 1.53. The summed E-state index contributed by atoms with van der Waals surface area (Å²) in [4.78, 5) is 11.7. The minimum atomic E-state index is -0.118. The Labute approximate surface area is 98.6 Å². The van der Waals surface area contributed by atoms with Crippen LogP contribution in [-0.4, -0.2) is 17.6 Å². The van der Waals surface area contributed by atoms with Crippen molar-refractivity contribution < 1.29 is 9.32 Å². The van der Waals surface area contributed by atoms with Crippen molar-refractivity contribution in [1.82, 2.24) is 10.5 Å². The second kappa shape index (κ2) is 4.69. The highest BCUT2D eigenvalue weighted by Gasteiger charge is 2.10. The molecule has 88 valence electrons. The zero-order valence-corrected chi connectivity index (χ0v) is 9.43. The molecule has 17 heavy (non-hydrogen) atoms. The van der Waals surface area contributed by atoms with Crippen LogP contribution in [0.2, 0.25) is 0 Å². The lowest BCUT2D eigenvalue weighted by Gasteiger charge is -2.03. The molecule has 1 amide bonds.